The molecule has 1 fully saturated rings. The average Bonchev–Trinajstić information content (AvgIpc) is 2.73. The van der Waals surface area contributed by atoms with Gasteiger partial charge in [-0.2, -0.15) is 0 Å². The van der Waals surface area contributed by atoms with Crippen LogP contribution in [0.4, 0.5) is 5.69 Å². The summed E-state index contributed by atoms with van der Waals surface area (Å²) in [4.78, 5) is 12.5. The summed E-state index contributed by atoms with van der Waals surface area (Å²) in [5, 5.41) is 2.51. The molecule has 0 saturated heterocycles. The summed E-state index contributed by atoms with van der Waals surface area (Å²) in [6.45, 7) is 1.89. The Morgan fingerprint density at radius 1 is 1.03 bits per heavy atom. The predicted molar refractivity (Wildman–Crippen MR) is 122 cm³/mol. The second-order valence-corrected chi connectivity index (χ2v) is 11.3. The van der Waals surface area contributed by atoms with Gasteiger partial charge in [-0.1, -0.05) is 61.7 Å². The van der Waals surface area contributed by atoms with Crippen LogP contribution >= 0.6 is 11.8 Å². The van der Waals surface area contributed by atoms with Crippen LogP contribution < -0.4 is 5.32 Å². The van der Waals surface area contributed by atoms with E-state index in [1.807, 2.05) is 55.5 Å². The van der Waals surface area contributed by atoms with Crippen LogP contribution in [0, 0.1) is 0 Å². The second kappa shape index (κ2) is 10.3. The van der Waals surface area contributed by atoms with Gasteiger partial charge in [-0.3, -0.25) is 4.79 Å². The van der Waals surface area contributed by atoms with Crippen molar-refractivity contribution in [2.24, 2.45) is 0 Å². The van der Waals surface area contributed by atoms with Gasteiger partial charge < -0.3 is 5.32 Å². The third kappa shape index (κ3) is 6.61. The fourth-order valence-electron chi connectivity index (χ4n) is 3.63. The number of nitrogens with one attached hydrogen (secondary N) is 1. The maximum Gasteiger partial charge on any atom is 0.237 e. The fourth-order valence-corrected chi connectivity index (χ4v) is 6.40. The molecule has 3 rings (SSSR count). The number of amides is 1. The zero-order valence-electron chi connectivity index (χ0n) is 16.8. The Balaban J connectivity index is 1.56. The molecule has 1 N–H and O–H groups in total. The third-order valence-corrected chi connectivity index (χ3v) is 8.77. The highest BCUT2D eigenvalue weighted by atomic mass is 32.2. The Hall–Kier alpha value is -1.79. The van der Waals surface area contributed by atoms with Gasteiger partial charge in [0.1, 0.15) is 0 Å². The van der Waals surface area contributed by atoms with Crippen LogP contribution in [0.25, 0.3) is 0 Å². The molecule has 1 atom stereocenters. The smallest absolute Gasteiger partial charge is 0.237 e. The van der Waals surface area contributed by atoms with Crippen molar-refractivity contribution in [3.8, 4) is 0 Å². The Kier molecular flexibility index (Phi) is 7.78. The van der Waals surface area contributed by atoms with E-state index in [1.54, 1.807) is 17.8 Å². The lowest BCUT2D eigenvalue weighted by atomic mass is 10.0. The van der Waals surface area contributed by atoms with Gasteiger partial charge in [-0.15, -0.1) is 11.8 Å². The lowest BCUT2D eigenvalue weighted by Gasteiger charge is -2.21. The second-order valence-electron chi connectivity index (χ2n) is 7.70. The van der Waals surface area contributed by atoms with Gasteiger partial charge in [0.15, 0.2) is 9.84 Å². The number of sulfone groups is 1. The Morgan fingerprint density at radius 2 is 1.72 bits per heavy atom. The third-order valence-electron chi connectivity index (χ3n) is 5.33. The molecule has 0 radical (unpaired) electrons. The van der Waals surface area contributed by atoms with Gasteiger partial charge in [0, 0.05) is 11.4 Å². The quantitative estimate of drug-likeness (QED) is 0.624. The first-order valence-corrected chi connectivity index (χ1v) is 13.0. The topological polar surface area (TPSA) is 63.2 Å². The molecule has 6 heteroatoms. The first kappa shape index (κ1) is 21.9. The molecular formula is C23H29NO3S2. The molecule has 1 aliphatic carbocycles. The van der Waals surface area contributed by atoms with Gasteiger partial charge in [0.25, 0.3) is 0 Å². The molecule has 0 heterocycles. The van der Waals surface area contributed by atoms with Crippen molar-refractivity contribution in [1.82, 2.24) is 0 Å². The van der Waals surface area contributed by atoms with Crippen molar-refractivity contribution < 1.29 is 13.2 Å². The molecule has 0 aromatic heterocycles. The SMILES string of the molecule is CC(SCc1ccccc1)C(=O)Nc1cccc(CS(=O)(=O)C2CCCCC2)c1. The number of hydrogen-bond acceptors (Lipinski definition) is 4. The molecule has 0 spiro atoms. The Labute approximate surface area is 178 Å². The molecule has 4 nitrogen and oxygen atoms in total. The molecule has 1 unspecified atom stereocenters. The van der Waals surface area contributed by atoms with Crippen molar-refractivity contribution in [3.63, 3.8) is 0 Å². The minimum Gasteiger partial charge on any atom is -0.325 e. The monoisotopic (exact) mass is 431 g/mol. The summed E-state index contributed by atoms with van der Waals surface area (Å²) in [7, 11) is -3.15. The van der Waals surface area contributed by atoms with Crippen molar-refractivity contribution in [3.05, 3.63) is 65.7 Å². The van der Waals surface area contributed by atoms with Crippen molar-refractivity contribution >= 4 is 33.2 Å². The van der Waals surface area contributed by atoms with E-state index in [1.165, 1.54) is 5.56 Å². The molecule has 156 valence electrons. The summed E-state index contributed by atoms with van der Waals surface area (Å²) in [6, 6.07) is 17.3. The Bertz CT molecular complexity index is 907. The number of hydrogen-bond donors (Lipinski definition) is 1. The van der Waals surface area contributed by atoms with Crippen LogP contribution in [0.2, 0.25) is 0 Å². The lowest BCUT2D eigenvalue weighted by molar-refractivity contribution is -0.115. The summed E-state index contributed by atoms with van der Waals surface area (Å²) in [5.41, 5.74) is 2.57. The van der Waals surface area contributed by atoms with Gasteiger partial charge in [0.2, 0.25) is 5.91 Å². The molecule has 1 amide bonds. The highest BCUT2D eigenvalue weighted by molar-refractivity contribution is 7.99. The van der Waals surface area contributed by atoms with Crippen LogP contribution in [0.15, 0.2) is 54.6 Å². The first-order chi connectivity index (χ1) is 13.9. The molecule has 0 aliphatic heterocycles. The number of carbonyl (C=O) groups excluding carboxylic acids is 1. The van der Waals surface area contributed by atoms with E-state index in [0.29, 0.717) is 5.69 Å². The van der Waals surface area contributed by atoms with Crippen LogP contribution in [0.3, 0.4) is 0 Å². The predicted octanol–water partition coefficient (Wildman–Crippen LogP) is 5.19. The molecule has 2 aromatic rings. The van der Waals surface area contributed by atoms with E-state index < -0.39 is 9.84 Å². The zero-order valence-corrected chi connectivity index (χ0v) is 18.5. The van der Waals surface area contributed by atoms with Gasteiger partial charge >= 0.3 is 0 Å². The highest BCUT2D eigenvalue weighted by Gasteiger charge is 2.27. The molecule has 29 heavy (non-hydrogen) atoms. The molecule has 2 aromatic carbocycles. The van der Waals surface area contributed by atoms with E-state index >= 15 is 0 Å². The van der Waals surface area contributed by atoms with Crippen LogP contribution in [-0.2, 0) is 26.1 Å². The Morgan fingerprint density at radius 3 is 2.45 bits per heavy atom. The molecule has 0 bridgehead atoms. The molecule has 1 aliphatic rings. The van der Waals surface area contributed by atoms with Crippen molar-refractivity contribution in [2.75, 3.05) is 5.32 Å². The highest BCUT2D eigenvalue weighted by Crippen LogP contribution is 2.27. The van der Waals surface area contributed by atoms with Crippen LogP contribution in [-0.4, -0.2) is 24.8 Å². The minimum atomic E-state index is -3.15. The normalized spacial score (nSPS) is 16.3. The summed E-state index contributed by atoms with van der Waals surface area (Å²) < 4.78 is 25.5. The van der Waals surface area contributed by atoms with Gasteiger partial charge in [-0.25, -0.2) is 8.42 Å². The number of rotatable bonds is 8. The van der Waals surface area contributed by atoms with Crippen LogP contribution in [0.1, 0.15) is 50.2 Å². The number of benzene rings is 2. The maximum atomic E-state index is 12.7. The van der Waals surface area contributed by atoms with Crippen LogP contribution in [0.5, 0.6) is 0 Å². The van der Waals surface area contributed by atoms with E-state index in [4.69, 9.17) is 0 Å². The van der Waals surface area contributed by atoms with E-state index in [2.05, 4.69) is 5.32 Å². The molecule has 1 saturated carbocycles. The summed E-state index contributed by atoms with van der Waals surface area (Å²) in [5.74, 6) is 0.743. The number of thioether (sulfide) groups is 1. The zero-order chi connectivity index (χ0) is 20.7. The average molecular weight is 432 g/mol. The van der Waals surface area contributed by atoms with E-state index in [-0.39, 0.29) is 22.2 Å². The summed E-state index contributed by atoms with van der Waals surface area (Å²) >= 11 is 1.58. The maximum absolute atomic E-state index is 12.7. The fraction of sp³-hybridized carbons (Fsp3) is 0.435. The molecular weight excluding hydrogens is 402 g/mol. The standard InChI is InChI=1S/C23H29NO3S2/c1-18(28-16-19-9-4-2-5-10-19)23(25)24-21-12-8-11-20(15-21)17-29(26,27)22-13-6-3-7-14-22/h2,4-5,8-12,15,18,22H,3,6-7,13-14,16-17H2,1H3,(H,24,25). The van der Waals surface area contributed by atoms with Gasteiger partial charge in [-0.05, 0) is 43.0 Å². The lowest BCUT2D eigenvalue weighted by Crippen LogP contribution is -2.25. The number of carbonyl (C=O) groups is 1. The number of anilines is 1. The minimum absolute atomic E-state index is 0.0414. The van der Waals surface area contributed by atoms with Crippen molar-refractivity contribution in [1.29, 1.82) is 0 Å². The van der Waals surface area contributed by atoms with E-state index in [0.717, 1.165) is 43.4 Å². The van der Waals surface area contributed by atoms with Crippen molar-refractivity contribution in [2.45, 2.75) is 61.0 Å². The first-order valence-electron chi connectivity index (χ1n) is 10.2. The summed E-state index contributed by atoms with van der Waals surface area (Å²) in [6.07, 6.45) is 4.68. The van der Waals surface area contributed by atoms with E-state index in [9.17, 15) is 13.2 Å². The largest absolute Gasteiger partial charge is 0.325 e. The van der Waals surface area contributed by atoms with Gasteiger partial charge in [0.05, 0.1) is 16.3 Å².